The number of carbonyl (C=O) groups excluding carboxylic acids is 1. The Labute approximate surface area is 196 Å². The molecule has 2 atom stereocenters. The second-order valence-corrected chi connectivity index (χ2v) is 7.83. The van der Waals surface area contributed by atoms with Crippen LogP contribution in [0, 0.1) is 0 Å². The third-order valence-corrected chi connectivity index (χ3v) is 5.30. The van der Waals surface area contributed by atoms with Gasteiger partial charge in [-0.15, -0.1) is 11.6 Å². The lowest BCUT2D eigenvalue weighted by Gasteiger charge is -2.11. The molecule has 0 aromatic heterocycles. The van der Waals surface area contributed by atoms with E-state index >= 15 is 0 Å². The van der Waals surface area contributed by atoms with E-state index < -0.39 is 0 Å². The van der Waals surface area contributed by atoms with Gasteiger partial charge in [0, 0.05) is 32.2 Å². The van der Waals surface area contributed by atoms with Crippen molar-refractivity contribution in [2.75, 3.05) is 26.3 Å². The van der Waals surface area contributed by atoms with Crippen molar-refractivity contribution in [3.05, 3.63) is 71.8 Å². The first-order chi connectivity index (χ1) is 15.7. The molecule has 2 unspecified atom stereocenters. The van der Waals surface area contributed by atoms with E-state index in [2.05, 4.69) is 5.32 Å². The second kappa shape index (κ2) is 16.5. The number of nitrogens with one attached hydrogen (secondary N) is 1. The van der Waals surface area contributed by atoms with E-state index in [-0.39, 0.29) is 12.2 Å². The Morgan fingerprint density at radius 2 is 1.50 bits per heavy atom. The molecule has 2 saturated heterocycles. The molecular formula is C25H35ClN2O4. The Morgan fingerprint density at radius 3 is 1.94 bits per heavy atom. The molecule has 32 heavy (non-hydrogen) atoms. The number of halogens is 1. The maximum Gasteiger partial charge on any atom is 0.407 e. The SMILES string of the molecule is ClCc1ccccc1.NCC1CCCO1.O=C(NCC1CCCO1)OCc1ccccc1. The molecule has 1 amide bonds. The number of alkyl carbamates (subject to hydrolysis) is 1. The van der Waals surface area contributed by atoms with Crippen molar-refractivity contribution < 1.29 is 19.0 Å². The van der Waals surface area contributed by atoms with Crippen LogP contribution in [0.4, 0.5) is 4.79 Å². The first-order valence-electron chi connectivity index (χ1n) is 11.2. The molecule has 7 heteroatoms. The summed E-state index contributed by atoms with van der Waals surface area (Å²) in [7, 11) is 0. The van der Waals surface area contributed by atoms with Gasteiger partial charge in [-0.05, 0) is 36.8 Å². The highest BCUT2D eigenvalue weighted by Crippen LogP contribution is 2.11. The molecule has 2 fully saturated rings. The van der Waals surface area contributed by atoms with Crippen LogP contribution in [0.25, 0.3) is 0 Å². The molecule has 0 bridgehead atoms. The summed E-state index contributed by atoms with van der Waals surface area (Å²) in [5.74, 6) is 0.612. The van der Waals surface area contributed by atoms with Gasteiger partial charge in [0.05, 0.1) is 12.2 Å². The van der Waals surface area contributed by atoms with E-state index in [1.807, 2.05) is 60.7 Å². The monoisotopic (exact) mass is 462 g/mol. The summed E-state index contributed by atoms with van der Waals surface area (Å²) in [6.07, 6.45) is 4.59. The molecule has 3 N–H and O–H groups in total. The van der Waals surface area contributed by atoms with Crippen molar-refractivity contribution in [2.24, 2.45) is 5.73 Å². The predicted octanol–water partition coefficient (Wildman–Crippen LogP) is 4.64. The van der Waals surface area contributed by atoms with Crippen molar-refractivity contribution in [3.8, 4) is 0 Å². The normalized spacial score (nSPS) is 19.2. The number of amides is 1. The van der Waals surface area contributed by atoms with Crippen LogP contribution >= 0.6 is 11.6 Å². The Morgan fingerprint density at radius 1 is 0.938 bits per heavy atom. The molecule has 6 nitrogen and oxygen atoms in total. The molecule has 2 aliphatic heterocycles. The van der Waals surface area contributed by atoms with Crippen LogP contribution in [0.15, 0.2) is 60.7 Å². The van der Waals surface area contributed by atoms with Gasteiger partial charge in [-0.3, -0.25) is 0 Å². The number of ether oxygens (including phenoxy) is 3. The summed E-state index contributed by atoms with van der Waals surface area (Å²) in [6, 6.07) is 19.6. The molecule has 2 aliphatic rings. The topological polar surface area (TPSA) is 82.8 Å². The molecular weight excluding hydrogens is 428 g/mol. The second-order valence-electron chi connectivity index (χ2n) is 7.57. The van der Waals surface area contributed by atoms with Crippen LogP contribution in [0.2, 0.25) is 0 Å². The van der Waals surface area contributed by atoms with Gasteiger partial charge in [-0.1, -0.05) is 60.7 Å². The number of benzene rings is 2. The molecule has 0 spiro atoms. The Bertz CT molecular complexity index is 721. The highest BCUT2D eigenvalue weighted by molar-refractivity contribution is 6.17. The minimum absolute atomic E-state index is 0.152. The summed E-state index contributed by atoms with van der Waals surface area (Å²) in [6.45, 7) is 3.25. The summed E-state index contributed by atoms with van der Waals surface area (Å²) < 4.78 is 15.7. The predicted molar refractivity (Wildman–Crippen MR) is 128 cm³/mol. The maximum absolute atomic E-state index is 11.4. The van der Waals surface area contributed by atoms with Crippen LogP contribution in [0.1, 0.15) is 36.8 Å². The van der Waals surface area contributed by atoms with Crippen LogP contribution in [0.3, 0.4) is 0 Å². The average Bonchev–Trinajstić information content (AvgIpc) is 3.58. The fourth-order valence-electron chi connectivity index (χ4n) is 3.17. The van der Waals surface area contributed by atoms with Gasteiger partial charge in [-0.2, -0.15) is 0 Å². The minimum Gasteiger partial charge on any atom is -0.445 e. The van der Waals surface area contributed by atoms with E-state index in [9.17, 15) is 4.79 Å². The average molecular weight is 463 g/mol. The Hall–Kier alpha value is -2.12. The van der Waals surface area contributed by atoms with Gasteiger partial charge < -0.3 is 25.3 Å². The first kappa shape index (κ1) is 26.1. The molecule has 0 saturated carbocycles. The third kappa shape index (κ3) is 11.5. The van der Waals surface area contributed by atoms with Gasteiger partial charge in [0.2, 0.25) is 0 Å². The zero-order chi connectivity index (χ0) is 22.9. The lowest BCUT2D eigenvalue weighted by Crippen LogP contribution is -2.32. The quantitative estimate of drug-likeness (QED) is 0.611. The van der Waals surface area contributed by atoms with Gasteiger partial charge >= 0.3 is 6.09 Å². The fraction of sp³-hybridized carbons (Fsp3) is 0.480. The lowest BCUT2D eigenvalue weighted by atomic mass is 10.2. The van der Waals surface area contributed by atoms with Crippen molar-refractivity contribution in [1.29, 1.82) is 0 Å². The molecule has 2 heterocycles. The molecule has 176 valence electrons. The van der Waals surface area contributed by atoms with Crippen molar-refractivity contribution in [1.82, 2.24) is 5.32 Å². The summed E-state index contributed by atoms with van der Waals surface area (Å²) in [4.78, 5) is 11.4. The molecule has 2 aromatic rings. The minimum atomic E-state index is -0.385. The molecule has 4 rings (SSSR count). The standard InChI is InChI=1S/C13H17NO3.C7H7Cl.C5H11NO/c15-13(14-9-12-7-4-8-16-12)17-10-11-5-2-1-3-6-11;8-6-7-4-2-1-3-5-7;6-4-5-2-1-3-7-5/h1-3,5-6,12H,4,7-10H2,(H,14,15);1-5H,6H2;5H,1-4,6H2. The number of carbonyl (C=O) groups is 1. The molecule has 0 radical (unpaired) electrons. The van der Waals surface area contributed by atoms with Crippen LogP contribution in [-0.4, -0.2) is 44.6 Å². The highest BCUT2D eigenvalue weighted by atomic mass is 35.5. The Kier molecular flexibility index (Phi) is 13.5. The third-order valence-electron chi connectivity index (χ3n) is 4.99. The van der Waals surface area contributed by atoms with E-state index in [1.165, 1.54) is 12.0 Å². The number of rotatable bonds is 6. The summed E-state index contributed by atoms with van der Waals surface area (Å²) >= 11 is 5.53. The van der Waals surface area contributed by atoms with Gasteiger partial charge in [0.15, 0.2) is 0 Å². The van der Waals surface area contributed by atoms with Gasteiger partial charge in [0.1, 0.15) is 6.61 Å². The van der Waals surface area contributed by atoms with E-state index in [0.29, 0.717) is 31.7 Å². The van der Waals surface area contributed by atoms with E-state index in [4.69, 9.17) is 31.5 Å². The van der Waals surface area contributed by atoms with Crippen LogP contribution in [-0.2, 0) is 26.7 Å². The van der Waals surface area contributed by atoms with E-state index in [1.54, 1.807) is 0 Å². The van der Waals surface area contributed by atoms with Crippen LogP contribution < -0.4 is 11.1 Å². The van der Waals surface area contributed by atoms with Crippen molar-refractivity contribution >= 4 is 17.7 Å². The molecule has 0 aliphatic carbocycles. The van der Waals surface area contributed by atoms with Crippen molar-refractivity contribution in [3.63, 3.8) is 0 Å². The van der Waals surface area contributed by atoms with Gasteiger partial charge in [0.25, 0.3) is 0 Å². The molecule has 2 aromatic carbocycles. The Balaban J connectivity index is 0.000000199. The zero-order valence-electron chi connectivity index (χ0n) is 18.6. The number of nitrogens with two attached hydrogens (primary N) is 1. The zero-order valence-corrected chi connectivity index (χ0v) is 19.3. The van der Waals surface area contributed by atoms with Crippen LogP contribution in [0.5, 0.6) is 0 Å². The maximum atomic E-state index is 11.4. The van der Waals surface area contributed by atoms with Crippen molar-refractivity contribution in [2.45, 2.75) is 50.4 Å². The largest absolute Gasteiger partial charge is 0.445 e. The van der Waals surface area contributed by atoms with Gasteiger partial charge in [-0.25, -0.2) is 4.79 Å². The summed E-state index contributed by atoms with van der Waals surface area (Å²) in [5, 5.41) is 2.71. The number of alkyl halides is 1. The fourth-order valence-corrected chi connectivity index (χ4v) is 3.35. The highest BCUT2D eigenvalue weighted by Gasteiger charge is 2.16. The number of hydrogen-bond donors (Lipinski definition) is 2. The smallest absolute Gasteiger partial charge is 0.407 e. The first-order valence-corrected chi connectivity index (χ1v) is 11.7. The number of hydrogen-bond acceptors (Lipinski definition) is 5. The lowest BCUT2D eigenvalue weighted by molar-refractivity contribution is 0.0997. The van der Waals surface area contributed by atoms with E-state index in [0.717, 1.165) is 38.0 Å². The summed E-state index contributed by atoms with van der Waals surface area (Å²) in [5.41, 5.74) is 7.47.